The van der Waals surface area contributed by atoms with Crippen LogP contribution in [0.4, 0.5) is 14.5 Å². The van der Waals surface area contributed by atoms with Gasteiger partial charge in [0.05, 0.1) is 5.69 Å². The smallest absolute Gasteiger partial charge is 0.298 e. The quantitative estimate of drug-likeness (QED) is 0.569. The minimum Gasteiger partial charge on any atom is -0.340 e. The number of aromatic nitrogens is 1. The molecule has 1 aromatic heterocycles. The van der Waals surface area contributed by atoms with Crippen molar-refractivity contribution in [2.24, 2.45) is 0 Å². The molecule has 3 rings (SSSR count). The third-order valence-corrected chi connectivity index (χ3v) is 3.62. The number of Topliss-reactive ketones (excluding diaryl/α,β-unsaturated/α-hetero) is 1. The zero-order valence-corrected chi connectivity index (χ0v) is 13.1. The molecule has 0 aliphatic carbocycles. The molecule has 25 heavy (non-hydrogen) atoms. The first-order chi connectivity index (χ1) is 12.0. The van der Waals surface area contributed by atoms with Gasteiger partial charge in [0.2, 0.25) is 0 Å². The summed E-state index contributed by atoms with van der Waals surface area (Å²) in [5, 5.41) is 2.38. The van der Waals surface area contributed by atoms with Crippen LogP contribution >= 0.6 is 0 Å². The number of hydrogen-bond acceptors (Lipinski definition) is 2. The van der Waals surface area contributed by atoms with E-state index in [1.54, 1.807) is 29.0 Å². The molecule has 1 N–H and O–H groups in total. The molecule has 2 aromatic carbocycles. The third kappa shape index (κ3) is 3.98. The number of rotatable bonds is 5. The van der Waals surface area contributed by atoms with Crippen molar-refractivity contribution in [3.63, 3.8) is 0 Å². The van der Waals surface area contributed by atoms with Crippen LogP contribution in [0.15, 0.2) is 66.9 Å². The fraction of sp³-hybridized carbons (Fsp3) is 0.0526. The number of benzene rings is 2. The molecular weight excluding hydrogens is 326 g/mol. The molecule has 6 heteroatoms. The van der Waals surface area contributed by atoms with Gasteiger partial charge in [-0.25, -0.2) is 8.78 Å². The maximum absolute atomic E-state index is 13.2. The van der Waals surface area contributed by atoms with Crippen LogP contribution in [0.1, 0.15) is 16.1 Å². The Morgan fingerprint density at radius 2 is 1.68 bits per heavy atom. The lowest BCUT2D eigenvalue weighted by atomic mass is 10.2. The van der Waals surface area contributed by atoms with Crippen molar-refractivity contribution in [1.29, 1.82) is 0 Å². The molecule has 0 saturated heterocycles. The van der Waals surface area contributed by atoms with Crippen molar-refractivity contribution in [1.82, 2.24) is 4.57 Å². The monoisotopic (exact) mass is 340 g/mol. The fourth-order valence-electron chi connectivity index (χ4n) is 2.42. The van der Waals surface area contributed by atoms with Crippen LogP contribution in [0.2, 0.25) is 0 Å². The normalized spacial score (nSPS) is 10.5. The number of ketones is 1. The van der Waals surface area contributed by atoms with Gasteiger partial charge in [-0.2, -0.15) is 0 Å². The summed E-state index contributed by atoms with van der Waals surface area (Å²) in [5.74, 6) is -2.45. The van der Waals surface area contributed by atoms with E-state index in [0.29, 0.717) is 6.54 Å². The van der Waals surface area contributed by atoms with E-state index < -0.39 is 17.5 Å². The van der Waals surface area contributed by atoms with Gasteiger partial charge in [-0.1, -0.05) is 18.2 Å². The standard InChI is InChI=1S/C19H14F2N2O2/c20-14-8-6-13(7-9-14)12-23-10-2-5-17(23)18(24)19(25)22-16-4-1-3-15(21)11-16/h1-11H,12H2,(H,22,25). The summed E-state index contributed by atoms with van der Waals surface area (Å²) in [6, 6.07) is 14.3. The van der Waals surface area contributed by atoms with Gasteiger partial charge >= 0.3 is 0 Å². The maximum atomic E-state index is 13.2. The van der Waals surface area contributed by atoms with E-state index in [0.717, 1.165) is 11.6 Å². The maximum Gasteiger partial charge on any atom is 0.298 e. The van der Waals surface area contributed by atoms with E-state index in [4.69, 9.17) is 0 Å². The Balaban J connectivity index is 1.75. The van der Waals surface area contributed by atoms with Gasteiger partial charge < -0.3 is 9.88 Å². The molecule has 0 aliphatic heterocycles. The Labute approximate surface area is 142 Å². The highest BCUT2D eigenvalue weighted by Gasteiger charge is 2.20. The summed E-state index contributed by atoms with van der Waals surface area (Å²) < 4.78 is 27.7. The molecule has 1 amide bonds. The predicted octanol–water partition coefficient (Wildman–Crippen LogP) is 3.64. The number of anilines is 1. The number of nitrogens with zero attached hydrogens (tertiary/aromatic N) is 1. The first-order valence-corrected chi connectivity index (χ1v) is 7.54. The number of nitrogens with one attached hydrogen (secondary N) is 1. The Hall–Kier alpha value is -3.28. The highest BCUT2D eigenvalue weighted by Crippen LogP contribution is 2.13. The molecule has 1 heterocycles. The average Bonchev–Trinajstić information content (AvgIpc) is 3.04. The average molecular weight is 340 g/mol. The van der Waals surface area contributed by atoms with E-state index in [1.807, 2.05) is 0 Å². The number of halogens is 2. The third-order valence-electron chi connectivity index (χ3n) is 3.62. The summed E-state index contributed by atoms with van der Waals surface area (Å²) in [6.07, 6.45) is 1.66. The van der Waals surface area contributed by atoms with Crippen LogP contribution in [0.25, 0.3) is 0 Å². The lowest BCUT2D eigenvalue weighted by Gasteiger charge is -2.09. The van der Waals surface area contributed by atoms with Crippen molar-refractivity contribution in [3.8, 4) is 0 Å². The first-order valence-electron chi connectivity index (χ1n) is 7.54. The molecule has 0 radical (unpaired) electrons. The van der Waals surface area contributed by atoms with Gasteiger partial charge in [-0.15, -0.1) is 0 Å². The molecule has 0 aliphatic rings. The Morgan fingerprint density at radius 1 is 0.920 bits per heavy atom. The van der Waals surface area contributed by atoms with Crippen molar-refractivity contribution in [2.75, 3.05) is 5.32 Å². The van der Waals surface area contributed by atoms with Crippen molar-refractivity contribution >= 4 is 17.4 Å². The van der Waals surface area contributed by atoms with Crippen LogP contribution in [0.3, 0.4) is 0 Å². The van der Waals surface area contributed by atoms with Gasteiger partial charge in [0, 0.05) is 18.4 Å². The number of carbonyl (C=O) groups is 2. The van der Waals surface area contributed by atoms with Gasteiger partial charge in [-0.3, -0.25) is 9.59 Å². The molecule has 126 valence electrons. The predicted molar refractivity (Wildman–Crippen MR) is 89.3 cm³/mol. The van der Waals surface area contributed by atoms with Crippen LogP contribution in [-0.2, 0) is 11.3 Å². The molecule has 0 saturated carbocycles. The zero-order valence-electron chi connectivity index (χ0n) is 13.1. The zero-order chi connectivity index (χ0) is 17.8. The Kier molecular flexibility index (Phi) is 4.70. The second-order valence-electron chi connectivity index (χ2n) is 5.44. The van der Waals surface area contributed by atoms with E-state index in [1.165, 1.54) is 36.4 Å². The molecule has 3 aromatic rings. The van der Waals surface area contributed by atoms with E-state index >= 15 is 0 Å². The summed E-state index contributed by atoms with van der Waals surface area (Å²) >= 11 is 0. The second-order valence-corrected chi connectivity index (χ2v) is 5.44. The lowest BCUT2D eigenvalue weighted by Crippen LogP contribution is -2.25. The molecule has 0 spiro atoms. The SMILES string of the molecule is O=C(Nc1cccc(F)c1)C(=O)c1cccn1Cc1ccc(F)cc1. The van der Waals surface area contributed by atoms with Gasteiger partial charge in [-0.05, 0) is 48.0 Å². The molecule has 0 bridgehead atoms. The summed E-state index contributed by atoms with van der Waals surface area (Å²) in [5.41, 5.74) is 1.19. The summed E-state index contributed by atoms with van der Waals surface area (Å²) in [4.78, 5) is 24.5. The van der Waals surface area contributed by atoms with Crippen molar-refractivity contribution < 1.29 is 18.4 Å². The second kappa shape index (κ2) is 7.09. The Bertz CT molecular complexity index is 917. The minimum atomic E-state index is -0.857. The minimum absolute atomic E-state index is 0.193. The molecular formula is C19H14F2N2O2. The van der Waals surface area contributed by atoms with Crippen LogP contribution in [0, 0.1) is 11.6 Å². The molecule has 0 atom stereocenters. The van der Waals surface area contributed by atoms with Crippen LogP contribution in [0.5, 0.6) is 0 Å². The van der Waals surface area contributed by atoms with Gasteiger partial charge in [0.15, 0.2) is 0 Å². The fourth-order valence-corrected chi connectivity index (χ4v) is 2.42. The topological polar surface area (TPSA) is 51.1 Å². The van der Waals surface area contributed by atoms with Crippen LogP contribution in [-0.4, -0.2) is 16.3 Å². The summed E-state index contributed by atoms with van der Waals surface area (Å²) in [7, 11) is 0. The van der Waals surface area contributed by atoms with Crippen molar-refractivity contribution in [2.45, 2.75) is 6.54 Å². The van der Waals surface area contributed by atoms with E-state index in [-0.39, 0.29) is 17.2 Å². The van der Waals surface area contributed by atoms with Gasteiger partial charge in [0.1, 0.15) is 11.6 Å². The van der Waals surface area contributed by atoms with Gasteiger partial charge in [0.25, 0.3) is 11.7 Å². The van der Waals surface area contributed by atoms with E-state index in [9.17, 15) is 18.4 Å². The lowest BCUT2D eigenvalue weighted by molar-refractivity contribution is -0.112. The van der Waals surface area contributed by atoms with Crippen LogP contribution < -0.4 is 5.32 Å². The highest BCUT2D eigenvalue weighted by molar-refractivity contribution is 6.46. The number of hydrogen-bond donors (Lipinski definition) is 1. The van der Waals surface area contributed by atoms with E-state index in [2.05, 4.69) is 5.32 Å². The molecule has 4 nitrogen and oxygen atoms in total. The molecule has 0 unspecified atom stereocenters. The summed E-state index contributed by atoms with van der Waals surface area (Å²) in [6.45, 7) is 0.321. The largest absolute Gasteiger partial charge is 0.340 e. The Morgan fingerprint density at radius 3 is 2.40 bits per heavy atom. The molecule has 0 fully saturated rings. The van der Waals surface area contributed by atoms with Crippen molar-refractivity contribution in [3.05, 3.63) is 89.8 Å². The first kappa shape index (κ1) is 16.6. The number of carbonyl (C=O) groups excluding carboxylic acids is 2. The highest BCUT2D eigenvalue weighted by atomic mass is 19.1. The number of amides is 1.